The zero-order valence-corrected chi connectivity index (χ0v) is 11.9. The maximum Gasteiger partial charge on any atom is 0.0877 e. The average molecular weight is 244 g/mol. The highest BCUT2D eigenvalue weighted by molar-refractivity contribution is 4.77. The molecule has 0 aliphatic rings. The van der Waals surface area contributed by atoms with Gasteiger partial charge >= 0.3 is 0 Å². The highest BCUT2D eigenvalue weighted by atomic mass is 16.3. The summed E-state index contributed by atoms with van der Waals surface area (Å²) in [7, 11) is 0. The molecule has 0 amide bonds. The lowest BCUT2D eigenvalue weighted by Gasteiger charge is -2.25. The topological polar surface area (TPSA) is 40.5 Å². The molecule has 2 heteroatoms. The zero-order chi connectivity index (χ0) is 13.0. The van der Waals surface area contributed by atoms with Crippen molar-refractivity contribution in [1.29, 1.82) is 0 Å². The first-order valence-electron chi connectivity index (χ1n) is 7.51. The van der Waals surface area contributed by atoms with Crippen LogP contribution in [-0.4, -0.2) is 22.4 Å². The fraction of sp³-hybridized carbons (Fsp3) is 1.00. The summed E-state index contributed by atoms with van der Waals surface area (Å²) in [6, 6.07) is 0. The number of rotatable bonds is 12. The van der Waals surface area contributed by atoms with Gasteiger partial charge in [-0.1, -0.05) is 71.6 Å². The minimum absolute atomic E-state index is 0.0777. The van der Waals surface area contributed by atoms with Crippen LogP contribution < -0.4 is 0 Å². The molecule has 0 fully saturated rings. The first-order chi connectivity index (χ1) is 8.18. The molecule has 1 atom stereocenters. The van der Waals surface area contributed by atoms with Crippen molar-refractivity contribution in [3.8, 4) is 0 Å². The molecule has 0 aromatic rings. The van der Waals surface area contributed by atoms with Crippen molar-refractivity contribution in [2.24, 2.45) is 0 Å². The van der Waals surface area contributed by atoms with Crippen LogP contribution >= 0.6 is 0 Å². The molecule has 2 N–H and O–H groups in total. The Bertz CT molecular complexity index is 159. The third-order valence-corrected chi connectivity index (χ3v) is 3.54. The van der Waals surface area contributed by atoms with E-state index in [1.165, 1.54) is 38.5 Å². The molecule has 0 aliphatic heterocycles. The van der Waals surface area contributed by atoms with Gasteiger partial charge in [-0.25, -0.2) is 0 Å². The van der Waals surface area contributed by atoms with Gasteiger partial charge in [0.25, 0.3) is 0 Å². The fourth-order valence-electron chi connectivity index (χ4n) is 2.22. The summed E-state index contributed by atoms with van der Waals surface area (Å²) in [5.74, 6) is 0. The molecule has 0 aromatic heterocycles. The molecule has 0 spiro atoms. The smallest absolute Gasteiger partial charge is 0.0877 e. The van der Waals surface area contributed by atoms with Gasteiger partial charge in [0.15, 0.2) is 0 Å². The van der Waals surface area contributed by atoms with Gasteiger partial charge in [0.05, 0.1) is 12.2 Å². The summed E-state index contributed by atoms with van der Waals surface area (Å²) in [5.41, 5.74) is -0.806. The van der Waals surface area contributed by atoms with Crippen LogP contribution in [-0.2, 0) is 0 Å². The molecule has 0 bridgehead atoms. The van der Waals surface area contributed by atoms with Crippen molar-refractivity contribution >= 4 is 0 Å². The van der Waals surface area contributed by atoms with E-state index >= 15 is 0 Å². The van der Waals surface area contributed by atoms with E-state index in [9.17, 15) is 10.2 Å². The van der Waals surface area contributed by atoms with Crippen molar-refractivity contribution in [2.45, 2.75) is 90.1 Å². The maximum atomic E-state index is 10.2. The van der Waals surface area contributed by atoms with Crippen molar-refractivity contribution in [3.63, 3.8) is 0 Å². The second kappa shape index (κ2) is 11.0. The van der Waals surface area contributed by atoms with E-state index in [4.69, 9.17) is 0 Å². The van der Waals surface area contributed by atoms with Gasteiger partial charge in [-0.05, 0) is 12.8 Å². The first kappa shape index (κ1) is 16.9. The Morgan fingerprint density at radius 1 is 0.706 bits per heavy atom. The molecule has 0 aromatic carbocycles. The highest BCUT2D eigenvalue weighted by Gasteiger charge is 2.24. The zero-order valence-electron chi connectivity index (χ0n) is 11.9. The Labute approximate surface area is 107 Å². The Morgan fingerprint density at radius 2 is 1.12 bits per heavy atom. The summed E-state index contributed by atoms with van der Waals surface area (Å²) in [4.78, 5) is 0. The third-order valence-electron chi connectivity index (χ3n) is 3.54. The van der Waals surface area contributed by atoms with Gasteiger partial charge in [-0.3, -0.25) is 0 Å². The summed E-state index contributed by atoms with van der Waals surface area (Å²) in [6.07, 6.45) is 12.3. The molecule has 2 nitrogen and oxygen atoms in total. The first-order valence-corrected chi connectivity index (χ1v) is 7.51. The Hall–Kier alpha value is -0.0800. The Kier molecular flexibility index (Phi) is 11.0. The van der Waals surface area contributed by atoms with E-state index < -0.39 is 5.60 Å². The van der Waals surface area contributed by atoms with E-state index in [0.29, 0.717) is 0 Å². The van der Waals surface area contributed by atoms with Crippen LogP contribution in [0.5, 0.6) is 0 Å². The molecule has 0 aliphatic carbocycles. The van der Waals surface area contributed by atoms with Crippen molar-refractivity contribution < 1.29 is 10.2 Å². The predicted molar refractivity (Wildman–Crippen MR) is 74.2 cm³/mol. The molecule has 0 saturated carbocycles. The van der Waals surface area contributed by atoms with Gasteiger partial charge in [0.2, 0.25) is 0 Å². The van der Waals surface area contributed by atoms with Crippen LogP contribution in [0.4, 0.5) is 0 Å². The molecule has 104 valence electrons. The van der Waals surface area contributed by atoms with Gasteiger partial charge in [-0.2, -0.15) is 0 Å². The van der Waals surface area contributed by atoms with Crippen LogP contribution in [0.25, 0.3) is 0 Å². The van der Waals surface area contributed by atoms with Gasteiger partial charge in [-0.15, -0.1) is 0 Å². The summed E-state index contributed by atoms with van der Waals surface area (Å²) >= 11 is 0. The minimum Gasteiger partial charge on any atom is -0.393 e. The van der Waals surface area contributed by atoms with Crippen molar-refractivity contribution in [3.05, 3.63) is 0 Å². The molecule has 0 saturated heterocycles. The number of unbranched alkanes of at least 4 members (excludes halogenated alkanes) is 7. The highest BCUT2D eigenvalue weighted by Crippen LogP contribution is 2.22. The molecular weight excluding hydrogens is 212 g/mol. The normalized spacial score (nSPS) is 14.8. The van der Waals surface area contributed by atoms with Gasteiger partial charge in [0.1, 0.15) is 0 Å². The Morgan fingerprint density at radius 3 is 1.65 bits per heavy atom. The number of aliphatic hydroxyl groups excluding tert-OH is 1. The molecule has 0 rings (SSSR count). The summed E-state index contributed by atoms with van der Waals surface area (Å²) < 4.78 is 0. The fourth-order valence-corrected chi connectivity index (χ4v) is 2.22. The van der Waals surface area contributed by atoms with E-state index in [2.05, 4.69) is 13.8 Å². The standard InChI is InChI=1S/C15H32O2/c1-3-5-7-8-9-11-13-15(17,14-16)12-10-6-4-2/h16-17H,3-14H2,1-2H3. The predicted octanol–water partition coefficient (Wildman–Crippen LogP) is 4.04. The molecule has 17 heavy (non-hydrogen) atoms. The monoisotopic (exact) mass is 244 g/mol. The minimum atomic E-state index is -0.806. The second-order valence-electron chi connectivity index (χ2n) is 5.36. The van der Waals surface area contributed by atoms with Crippen LogP contribution in [0.2, 0.25) is 0 Å². The third kappa shape index (κ3) is 9.61. The van der Waals surface area contributed by atoms with E-state index in [0.717, 1.165) is 32.1 Å². The largest absolute Gasteiger partial charge is 0.393 e. The van der Waals surface area contributed by atoms with E-state index in [1.807, 2.05) is 0 Å². The molecule has 1 unspecified atom stereocenters. The van der Waals surface area contributed by atoms with Crippen LogP contribution in [0.15, 0.2) is 0 Å². The number of aliphatic hydroxyl groups is 2. The summed E-state index contributed by atoms with van der Waals surface area (Å²) in [6.45, 7) is 4.30. The van der Waals surface area contributed by atoms with Gasteiger partial charge in [0, 0.05) is 0 Å². The molecular formula is C15H32O2. The van der Waals surface area contributed by atoms with Gasteiger partial charge < -0.3 is 10.2 Å². The van der Waals surface area contributed by atoms with Crippen molar-refractivity contribution in [2.75, 3.05) is 6.61 Å². The number of hydrogen-bond acceptors (Lipinski definition) is 2. The SMILES string of the molecule is CCCCCCCCC(O)(CO)CCCCC. The number of hydrogen-bond donors (Lipinski definition) is 2. The lowest BCUT2D eigenvalue weighted by Crippen LogP contribution is -2.33. The van der Waals surface area contributed by atoms with Crippen LogP contribution in [0.1, 0.15) is 84.5 Å². The van der Waals surface area contributed by atoms with Crippen LogP contribution in [0, 0.1) is 0 Å². The van der Waals surface area contributed by atoms with Crippen molar-refractivity contribution in [1.82, 2.24) is 0 Å². The second-order valence-corrected chi connectivity index (χ2v) is 5.36. The molecule has 0 heterocycles. The maximum absolute atomic E-state index is 10.2. The quantitative estimate of drug-likeness (QED) is 0.509. The van der Waals surface area contributed by atoms with E-state index in [-0.39, 0.29) is 6.61 Å². The lowest BCUT2D eigenvalue weighted by molar-refractivity contribution is -0.0314. The van der Waals surface area contributed by atoms with Crippen LogP contribution in [0.3, 0.4) is 0 Å². The Balaban J connectivity index is 3.57. The van der Waals surface area contributed by atoms with E-state index in [1.54, 1.807) is 0 Å². The average Bonchev–Trinajstić information content (AvgIpc) is 2.34. The molecule has 0 radical (unpaired) electrons. The summed E-state index contributed by atoms with van der Waals surface area (Å²) in [5, 5.41) is 19.5. The lowest BCUT2D eigenvalue weighted by atomic mass is 9.91.